The van der Waals surface area contributed by atoms with Crippen LogP contribution in [0.2, 0.25) is 0 Å². The van der Waals surface area contributed by atoms with Crippen molar-refractivity contribution in [2.24, 2.45) is 0 Å². The van der Waals surface area contributed by atoms with Crippen LogP contribution in [0.3, 0.4) is 0 Å². The van der Waals surface area contributed by atoms with Gasteiger partial charge in [-0.05, 0) is 37.4 Å². The Morgan fingerprint density at radius 3 is 2.75 bits per heavy atom. The lowest BCUT2D eigenvalue weighted by atomic mass is 10.1. The smallest absolute Gasteiger partial charge is 0.145 e. The highest BCUT2D eigenvalue weighted by Gasteiger charge is 2.11. The van der Waals surface area contributed by atoms with Gasteiger partial charge in [-0.1, -0.05) is 6.07 Å². The van der Waals surface area contributed by atoms with Gasteiger partial charge in [0.05, 0.1) is 6.04 Å². The standard InChI is InChI=1S/C12H15N3S/c1-13-11(12-14-7-3-8-15-12)6-5-10-4-2-9-16-10/h2-4,7-9,11,13H,5-6H2,1H3. The van der Waals surface area contributed by atoms with E-state index in [2.05, 4.69) is 32.8 Å². The minimum Gasteiger partial charge on any atom is -0.310 e. The summed E-state index contributed by atoms with van der Waals surface area (Å²) in [4.78, 5) is 9.97. The Balaban J connectivity index is 1.96. The largest absolute Gasteiger partial charge is 0.310 e. The molecule has 0 saturated carbocycles. The van der Waals surface area contributed by atoms with Crippen LogP contribution in [0.5, 0.6) is 0 Å². The molecule has 0 radical (unpaired) electrons. The van der Waals surface area contributed by atoms with E-state index >= 15 is 0 Å². The van der Waals surface area contributed by atoms with E-state index in [-0.39, 0.29) is 6.04 Å². The Hall–Kier alpha value is -1.26. The van der Waals surface area contributed by atoms with E-state index in [0.29, 0.717) is 0 Å². The van der Waals surface area contributed by atoms with E-state index < -0.39 is 0 Å². The maximum Gasteiger partial charge on any atom is 0.145 e. The molecule has 0 aromatic carbocycles. The Morgan fingerprint density at radius 1 is 1.31 bits per heavy atom. The molecule has 0 bridgehead atoms. The van der Waals surface area contributed by atoms with Crippen molar-refractivity contribution in [1.29, 1.82) is 0 Å². The van der Waals surface area contributed by atoms with Gasteiger partial charge < -0.3 is 5.32 Å². The number of aromatic nitrogens is 2. The van der Waals surface area contributed by atoms with Gasteiger partial charge >= 0.3 is 0 Å². The highest BCUT2D eigenvalue weighted by atomic mass is 32.1. The number of hydrogen-bond acceptors (Lipinski definition) is 4. The highest BCUT2D eigenvalue weighted by Crippen LogP contribution is 2.17. The summed E-state index contributed by atoms with van der Waals surface area (Å²) >= 11 is 1.80. The monoisotopic (exact) mass is 233 g/mol. The molecule has 16 heavy (non-hydrogen) atoms. The van der Waals surface area contributed by atoms with E-state index in [9.17, 15) is 0 Å². The lowest BCUT2D eigenvalue weighted by Gasteiger charge is -2.13. The fourth-order valence-electron chi connectivity index (χ4n) is 1.63. The molecule has 2 aromatic rings. The predicted molar refractivity (Wildman–Crippen MR) is 66.5 cm³/mol. The second kappa shape index (κ2) is 5.72. The Labute approximate surface area is 99.6 Å². The molecule has 4 heteroatoms. The molecule has 0 amide bonds. The normalized spacial score (nSPS) is 12.6. The number of rotatable bonds is 5. The average molecular weight is 233 g/mol. The molecule has 1 N–H and O–H groups in total. The van der Waals surface area contributed by atoms with Crippen molar-refractivity contribution in [3.63, 3.8) is 0 Å². The number of nitrogens with zero attached hydrogens (tertiary/aromatic N) is 2. The summed E-state index contributed by atoms with van der Waals surface area (Å²) in [7, 11) is 1.95. The van der Waals surface area contributed by atoms with E-state index in [1.807, 2.05) is 13.1 Å². The molecule has 84 valence electrons. The molecule has 0 aliphatic rings. The van der Waals surface area contributed by atoms with Crippen LogP contribution in [0.1, 0.15) is 23.2 Å². The van der Waals surface area contributed by atoms with Gasteiger partial charge in [0, 0.05) is 17.3 Å². The Morgan fingerprint density at radius 2 is 2.12 bits per heavy atom. The third-order valence-corrected chi connectivity index (χ3v) is 3.44. The molecule has 2 rings (SSSR count). The van der Waals surface area contributed by atoms with Crippen LogP contribution in [0.15, 0.2) is 36.0 Å². The van der Waals surface area contributed by atoms with Gasteiger partial charge in [0.15, 0.2) is 0 Å². The van der Waals surface area contributed by atoms with Gasteiger partial charge in [0.1, 0.15) is 5.82 Å². The molecule has 0 saturated heterocycles. The van der Waals surface area contributed by atoms with Gasteiger partial charge in [-0.15, -0.1) is 11.3 Å². The van der Waals surface area contributed by atoms with Crippen molar-refractivity contribution in [3.05, 3.63) is 46.7 Å². The average Bonchev–Trinajstić information content (AvgIpc) is 2.84. The van der Waals surface area contributed by atoms with Gasteiger partial charge in [-0.3, -0.25) is 0 Å². The molecular formula is C12H15N3S. The zero-order valence-corrected chi connectivity index (χ0v) is 10.1. The van der Waals surface area contributed by atoms with E-state index in [4.69, 9.17) is 0 Å². The predicted octanol–water partition coefficient (Wildman–Crippen LogP) is 2.43. The molecule has 0 spiro atoms. The molecule has 0 fully saturated rings. The minimum absolute atomic E-state index is 0.239. The topological polar surface area (TPSA) is 37.8 Å². The van der Waals surface area contributed by atoms with Crippen molar-refractivity contribution in [2.75, 3.05) is 7.05 Å². The van der Waals surface area contributed by atoms with Gasteiger partial charge in [-0.2, -0.15) is 0 Å². The van der Waals surface area contributed by atoms with Crippen molar-refractivity contribution in [3.8, 4) is 0 Å². The maximum atomic E-state index is 4.28. The summed E-state index contributed by atoms with van der Waals surface area (Å²) < 4.78 is 0. The summed E-state index contributed by atoms with van der Waals surface area (Å²) in [5.41, 5.74) is 0. The first-order valence-corrected chi connectivity index (χ1v) is 6.24. The summed E-state index contributed by atoms with van der Waals surface area (Å²) in [6, 6.07) is 6.34. The summed E-state index contributed by atoms with van der Waals surface area (Å²) in [5.74, 6) is 0.876. The molecule has 3 nitrogen and oxygen atoms in total. The van der Waals surface area contributed by atoms with Crippen molar-refractivity contribution >= 4 is 11.3 Å². The van der Waals surface area contributed by atoms with Crippen molar-refractivity contribution in [2.45, 2.75) is 18.9 Å². The lowest BCUT2D eigenvalue weighted by molar-refractivity contribution is 0.522. The molecule has 2 aromatic heterocycles. The first-order chi connectivity index (χ1) is 7.90. The lowest BCUT2D eigenvalue weighted by Crippen LogP contribution is -2.19. The van der Waals surface area contributed by atoms with Crippen LogP contribution in [-0.2, 0) is 6.42 Å². The first-order valence-electron chi connectivity index (χ1n) is 5.36. The van der Waals surface area contributed by atoms with Crippen LogP contribution in [-0.4, -0.2) is 17.0 Å². The van der Waals surface area contributed by atoms with Crippen LogP contribution in [0.4, 0.5) is 0 Å². The number of nitrogens with one attached hydrogen (secondary N) is 1. The fourth-order valence-corrected chi connectivity index (χ4v) is 2.36. The quantitative estimate of drug-likeness (QED) is 0.862. The Bertz CT molecular complexity index is 399. The van der Waals surface area contributed by atoms with Crippen LogP contribution in [0, 0.1) is 0 Å². The van der Waals surface area contributed by atoms with Crippen LogP contribution < -0.4 is 5.32 Å². The fraction of sp³-hybridized carbons (Fsp3) is 0.333. The highest BCUT2D eigenvalue weighted by molar-refractivity contribution is 7.09. The van der Waals surface area contributed by atoms with Crippen LogP contribution >= 0.6 is 11.3 Å². The summed E-state index contributed by atoms with van der Waals surface area (Å²) in [6.07, 6.45) is 5.68. The number of hydrogen-bond donors (Lipinski definition) is 1. The maximum absolute atomic E-state index is 4.28. The zero-order valence-electron chi connectivity index (χ0n) is 9.26. The Kier molecular flexibility index (Phi) is 4.02. The molecular weight excluding hydrogens is 218 g/mol. The molecule has 0 aliphatic carbocycles. The number of aryl methyl sites for hydroxylation is 1. The SMILES string of the molecule is CNC(CCc1cccs1)c1ncccn1. The molecule has 1 atom stereocenters. The zero-order chi connectivity index (χ0) is 11.2. The third-order valence-electron chi connectivity index (χ3n) is 2.51. The molecule has 2 heterocycles. The number of thiophene rings is 1. The second-order valence-corrected chi connectivity index (χ2v) is 4.60. The minimum atomic E-state index is 0.239. The molecule has 1 unspecified atom stereocenters. The van der Waals surface area contributed by atoms with Gasteiger partial charge in [-0.25, -0.2) is 9.97 Å². The summed E-state index contributed by atoms with van der Waals surface area (Å²) in [6.45, 7) is 0. The van der Waals surface area contributed by atoms with E-state index in [1.54, 1.807) is 23.7 Å². The van der Waals surface area contributed by atoms with Crippen molar-refractivity contribution < 1.29 is 0 Å². The summed E-state index contributed by atoms with van der Waals surface area (Å²) in [5, 5.41) is 5.37. The molecule has 0 aliphatic heterocycles. The van der Waals surface area contributed by atoms with Crippen LogP contribution in [0.25, 0.3) is 0 Å². The van der Waals surface area contributed by atoms with E-state index in [0.717, 1.165) is 18.7 Å². The second-order valence-electron chi connectivity index (χ2n) is 3.57. The van der Waals surface area contributed by atoms with Crippen molar-refractivity contribution in [1.82, 2.24) is 15.3 Å². The first kappa shape index (κ1) is 11.2. The van der Waals surface area contributed by atoms with E-state index in [1.165, 1.54) is 4.88 Å². The van der Waals surface area contributed by atoms with Gasteiger partial charge in [0.25, 0.3) is 0 Å². The van der Waals surface area contributed by atoms with Gasteiger partial charge in [0.2, 0.25) is 0 Å². The third kappa shape index (κ3) is 2.87.